The number of hydrogen-bond donors (Lipinski definition) is 1. The third-order valence-electron chi connectivity index (χ3n) is 9.32. The lowest BCUT2D eigenvalue weighted by atomic mass is 9.81. The van der Waals surface area contributed by atoms with Crippen molar-refractivity contribution in [2.45, 2.75) is 65.0 Å². The first-order valence-corrected chi connectivity index (χ1v) is 20.8. The van der Waals surface area contributed by atoms with Crippen molar-refractivity contribution in [3.63, 3.8) is 0 Å². The molecular weight excluding hydrogens is 774 g/mol. The Kier molecular flexibility index (Phi) is 27.3. The van der Waals surface area contributed by atoms with Gasteiger partial charge in [0, 0.05) is 44.1 Å². The maximum atomic E-state index is 12.7. The topological polar surface area (TPSA) is 214 Å². The number of amides is 3. The second-order valence-electron chi connectivity index (χ2n) is 14.0. The lowest BCUT2D eigenvalue weighted by molar-refractivity contribution is -0.138. The van der Waals surface area contributed by atoms with E-state index < -0.39 is 0 Å². The minimum Gasteiger partial charge on any atom is -0.379 e. The molecule has 1 saturated carbocycles. The number of Topliss-reactive ketones (excluding diaryl/α,β-unsaturated/α-hetero) is 2. The number of ether oxygens (including phenoxy) is 9. The van der Waals surface area contributed by atoms with E-state index in [0.717, 1.165) is 25.7 Å². The maximum Gasteiger partial charge on any atom is 0.253 e. The molecule has 0 radical (unpaired) electrons. The van der Waals surface area contributed by atoms with Gasteiger partial charge in [-0.05, 0) is 38.0 Å². The highest BCUT2D eigenvalue weighted by Crippen LogP contribution is 2.30. The van der Waals surface area contributed by atoms with Crippen LogP contribution in [-0.4, -0.2) is 175 Å². The minimum absolute atomic E-state index is 0.00809. The van der Waals surface area contributed by atoms with Gasteiger partial charge in [-0.25, -0.2) is 4.68 Å². The summed E-state index contributed by atoms with van der Waals surface area (Å²) in [6, 6.07) is 0. The van der Waals surface area contributed by atoms with Crippen molar-refractivity contribution in [3.8, 4) is 0 Å². The van der Waals surface area contributed by atoms with Gasteiger partial charge < -0.3 is 47.9 Å². The third-order valence-corrected chi connectivity index (χ3v) is 9.32. The largest absolute Gasteiger partial charge is 0.379 e. The number of hydrogen-bond acceptors (Lipinski definition) is 16. The number of nitrogens with one attached hydrogen (secondary N) is 1. The van der Waals surface area contributed by atoms with Gasteiger partial charge in [-0.15, -0.1) is 5.10 Å². The van der Waals surface area contributed by atoms with Crippen molar-refractivity contribution in [2.75, 3.05) is 125 Å². The summed E-state index contributed by atoms with van der Waals surface area (Å²) in [4.78, 5) is 60.4. The molecule has 0 spiro atoms. The van der Waals surface area contributed by atoms with Gasteiger partial charge in [-0.2, -0.15) is 0 Å². The van der Waals surface area contributed by atoms with E-state index in [-0.39, 0.29) is 54.3 Å². The number of imide groups is 1. The summed E-state index contributed by atoms with van der Waals surface area (Å²) in [5, 5.41) is 11.2. The molecule has 1 aromatic heterocycles. The molecule has 1 aromatic rings. The number of aromatic nitrogens is 3. The summed E-state index contributed by atoms with van der Waals surface area (Å²) >= 11 is 0. The predicted octanol–water partition coefficient (Wildman–Crippen LogP) is 1.10. The monoisotopic (exact) mass is 839 g/mol. The first-order valence-electron chi connectivity index (χ1n) is 20.8. The van der Waals surface area contributed by atoms with Crippen molar-refractivity contribution in [1.29, 1.82) is 0 Å². The van der Waals surface area contributed by atoms with Crippen LogP contribution in [0.5, 0.6) is 0 Å². The highest BCUT2D eigenvalue weighted by Gasteiger charge is 2.31. The second kappa shape index (κ2) is 32.3. The van der Waals surface area contributed by atoms with Crippen molar-refractivity contribution in [2.24, 2.45) is 11.8 Å². The highest BCUT2D eigenvalue weighted by molar-refractivity contribution is 6.12. The second-order valence-corrected chi connectivity index (χ2v) is 14.0. The molecule has 0 unspecified atom stereocenters. The quantitative estimate of drug-likeness (QED) is 0.0729. The number of ketones is 2. The van der Waals surface area contributed by atoms with Crippen LogP contribution in [0, 0.1) is 11.8 Å². The van der Waals surface area contributed by atoms with Gasteiger partial charge in [-0.3, -0.25) is 28.9 Å². The minimum atomic E-state index is -0.258. The van der Waals surface area contributed by atoms with E-state index in [2.05, 4.69) is 15.6 Å². The van der Waals surface area contributed by atoms with Crippen LogP contribution < -0.4 is 5.32 Å². The van der Waals surface area contributed by atoms with Crippen LogP contribution in [0.1, 0.15) is 57.6 Å². The van der Waals surface area contributed by atoms with Gasteiger partial charge in [0.15, 0.2) is 11.6 Å². The Morgan fingerprint density at radius 3 is 1.63 bits per heavy atom. The summed E-state index contributed by atoms with van der Waals surface area (Å²) in [6.07, 6.45) is 8.82. The number of carbonyl (C=O) groups excluding carboxylic acids is 5. The van der Waals surface area contributed by atoms with Crippen molar-refractivity contribution < 1.29 is 66.6 Å². The molecule has 3 rings (SSSR count). The van der Waals surface area contributed by atoms with Crippen LogP contribution in [0.4, 0.5) is 0 Å². The lowest BCUT2D eigenvalue weighted by Crippen LogP contribution is -2.38. The molecule has 2 aliphatic rings. The summed E-state index contributed by atoms with van der Waals surface area (Å²) in [6.45, 7) is 10.2. The molecule has 19 nitrogen and oxygen atoms in total. The van der Waals surface area contributed by atoms with E-state index in [1.807, 2.05) is 0 Å². The molecular formula is C40H65N5O14. The average Bonchev–Trinajstić information content (AvgIpc) is 3.83. The van der Waals surface area contributed by atoms with Crippen molar-refractivity contribution >= 4 is 29.3 Å². The first kappa shape index (κ1) is 49.8. The summed E-state index contributed by atoms with van der Waals surface area (Å²) < 4.78 is 50.8. The maximum absolute atomic E-state index is 12.7. The molecule has 0 atom stereocenters. The smallest absolute Gasteiger partial charge is 0.253 e. The van der Waals surface area contributed by atoms with E-state index in [1.165, 1.54) is 17.1 Å². The van der Waals surface area contributed by atoms with E-state index in [4.69, 9.17) is 42.6 Å². The van der Waals surface area contributed by atoms with E-state index in [1.54, 1.807) is 17.8 Å². The summed E-state index contributed by atoms with van der Waals surface area (Å²) in [5.74, 6) is -0.442. The predicted molar refractivity (Wildman–Crippen MR) is 210 cm³/mol. The third kappa shape index (κ3) is 23.7. The zero-order valence-electron chi connectivity index (χ0n) is 34.7. The van der Waals surface area contributed by atoms with E-state index in [0.29, 0.717) is 150 Å². The van der Waals surface area contributed by atoms with Gasteiger partial charge in [0.05, 0.1) is 118 Å². The number of carbonyl (C=O) groups is 5. The Balaban J connectivity index is 0.979. The van der Waals surface area contributed by atoms with Crippen LogP contribution in [0.15, 0.2) is 18.3 Å². The van der Waals surface area contributed by atoms with Gasteiger partial charge in [0.1, 0.15) is 18.9 Å². The Labute approximate surface area is 347 Å². The molecule has 19 heteroatoms. The Morgan fingerprint density at radius 1 is 0.644 bits per heavy atom. The molecule has 334 valence electrons. The molecule has 3 amide bonds. The first-order chi connectivity index (χ1) is 28.9. The fourth-order valence-corrected chi connectivity index (χ4v) is 5.95. The van der Waals surface area contributed by atoms with Gasteiger partial charge in [0.2, 0.25) is 5.91 Å². The van der Waals surface area contributed by atoms with Gasteiger partial charge in [0.25, 0.3) is 11.8 Å². The standard InChI is InChI=1S/C40H65N5O14/c1-2-36(46)31-59-32-37(47)4-3-12-51-14-16-53-18-20-55-22-24-57-26-27-58-25-23-56-21-19-54-17-15-52-13-11-44-30-35(42-43-44)28-41-40(50)34-7-5-33(6-8-34)29-45-38(48)9-10-39(45)49/h9-10,30,33-34H,2-8,11-29,31-32H2,1H3,(H,41,50). The average molecular weight is 840 g/mol. The SMILES string of the molecule is CCC(=O)COCC(=O)CCCOCCOCCOCCOCCOCCOCCOCCOCCn1cc(CNC(=O)C2CCC(CN3C(=O)C=CC3=O)CC2)nn1. The van der Waals surface area contributed by atoms with Gasteiger partial charge in [-0.1, -0.05) is 12.1 Å². The van der Waals surface area contributed by atoms with Crippen molar-refractivity contribution in [3.05, 3.63) is 24.0 Å². The van der Waals surface area contributed by atoms with Crippen LogP contribution in [0.3, 0.4) is 0 Å². The zero-order chi connectivity index (χ0) is 42.2. The van der Waals surface area contributed by atoms with Gasteiger partial charge >= 0.3 is 0 Å². The molecule has 1 N–H and O–H groups in total. The van der Waals surface area contributed by atoms with Crippen LogP contribution in [0.25, 0.3) is 0 Å². The molecule has 1 aliphatic heterocycles. The molecule has 2 heterocycles. The fourth-order valence-electron chi connectivity index (χ4n) is 5.95. The fraction of sp³-hybridized carbons (Fsp3) is 0.775. The number of rotatable bonds is 38. The van der Waals surface area contributed by atoms with E-state index >= 15 is 0 Å². The van der Waals surface area contributed by atoms with Crippen LogP contribution in [0.2, 0.25) is 0 Å². The van der Waals surface area contributed by atoms with Crippen molar-refractivity contribution in [1.82, 2.24) is 25.2 Å². The summed E-state index contributed by atoms with van der Waals surface area (Å²) in [5.41, 5.74) is 0.666. The molecule has 1 fully saturated rings. The Bertz CT molecular complexity index is 1350. The number of nitrogens with zero attached hydrogens (tertiary/aromatic N) is 4. The molecule has 0 bridgehead atoms. The van der Waals surface area contributed by atoms with E-state index in [9.17, 15) is 24.0 Å². The molecule has 0 saturated heterocycles. The molecule has 59 heavy (non-hydrogen) atoms. The lowest BCUT2D eigenvalue weighted by Gasteiger charge is -2.29. The Morgan fingerprint density at radius 2 is 1.12 bits per heavy atom. The van der Waals surface area contributed by atoms with Crippen LogP contribution >= 0.6 is 0 Å². The highest BCUT2D eigenvalue weighted by atomic mass is 16.6. The zero-order valence-corrected chi connectivity index (χ0v) is 34.7. The normalized spacial score (nSPS) is 16.7. The Hall–Kier alpha value is -3.53. The molecule has 1 aliphatic carbocycles. The summed E-state index contributed by atoms with van der Waals surface area (Å²) in [7, 11) is 0. The van der Waals surface area contributed by atoms with Crippen LogP contribution in [-0.2, 0) is 79.7 Å². The molecule has 0 aromatic carbocycles.